The zero-order valence-electron chi connectivity index (χ0n) is 24.7. The van der Waals surface area contributed by atoms with Crippen molar-refractivity contribution in [1.82, 2.24) is 19.4 Å². The van der Waals surface area contributed by atoms with E-state index >= 15 is 0 Å². The number of likely N-dealkylation sites (tertiary alicyclic amines) is 1. The molecule has 2 aromatic heterocycles. The lowest BCUT2D eigenvalue weighted by Gasteiger charge is -2.26. The lowest BCUT2D eigenvalue weighted by atomic mass is 10.0. The zero-order chi connectivity index (χ0) is 32.0. The number of aromatic nitrogens is 3. The van der Waals surface area contributed by atoms with Gasteiger partial charge in [-0.05, 0) is 43.1 Å². The molecule has 0 bridgehead atoms. The summed E-state index contributed by atoms with van der Waals surface area (Å²) >= 11 is 0. The molecule has 0 aliphatic carbocycles. The van der Waals surface area contributed by atoms with E-state index in [9.17, 15) is 22.8 Å². The summed E-state index contributed by atoms with van der Waals surface area (Å²) in [5, 5.41) is 6.08. The Morgan fingerprint density at radius 1 is 1.00 bits per heavy atom. The molecule has 4 heterocycles. The molecule has 2 aromatic carbocycles. The maximum Gasteiger partial charge on any atom is 0.294 e. The second-order valence-corrected chi connectivity index (χ2v) is 11.2. The summed E-state index contributed by atoms with van der Waals surface area (Å²) in [7, 11) is 5.06. The van der Waals surface area contributed by atoms with Crippen LogP contribution in [0.4, 0.5) is 36.2 Å². The van der Waals surface area contributed by atoms with Crippen LogP contribution in [0.3, 0.4) is 0 Å². The van der Waals surface area contributed by atoms with Crippen molar-refractivity contribution in [2.24, 2.45) is 18.9 Å². The lowest BCUT2D eigenvalue weighted by Crippen LogP contribution is -2.27. The summed E-state index contributed by atoms with van der Waals surface area (Å²) in [6, 6.07) is 7.49. The molecule has 2 fully saturated rings. The van der Waals surface area contributed by atoms with E-state index in [2.05, 4.69) is 44.0 Å². The number of methoxy groups -OCH3 is 1. The molecule has 11 nitrogen and oxygen atoms in total. The van der Waals surface area contributed by atoms with E-state index in [1.165, 1.54) is 31.0 Å². The van der Waals surface area contributed by atoms with Gasteiger partial charge in [0.15, 0.2) is 23.1 Å². The first-order chi connectivity index (χ1) is 21.5. The molecule has 2 aliphatic rings. The third kappa shape index (κ3) is 5.88. The van der Waals surface area contributed by atoms with Gasteiger partial charge in [-0.2, -0.15) is 4.98 Å². The van der Waals surface area contributed by atoms with Crippen molar-refractivity contribution in [3.05, 3.63) is 77.0 Å². The summed E-state index contributed by atoms with van der Waals surface area (Å²) in [5.41, 5.74) is 1.01. The van der Waals surface area contributed by atoms with E-state index in [0.29, 0.717) is 46.1 Å². The Morgan fingerprint density at radius 2 is 1.73 bits per heavy atom. The van der Waals surface area contributed by atoms with E-state index in [1.807, 2.05) is 0 Å². The van der Waals surface area contributed by atoms with Crippen LogP contribution in [0.1, 0.15) is 0 Å². The Balaban J connectivity index is 1.33. The Bertz CT molecular complexity index is 1890. The van der Waals surface area contributed by atoms with Crippen molar-refractivity contribution in [3.63, 3.8) is 0 Å². The number of carbonyl (C=O) groups is 1. The SMILES string of the molecule is C=C(F)C(=O)Nc1cc(Nc2ncc3cc(Oc4ccc(F)cc4F)c(=O)n(C)c3n2)c(OC)cc1N1C[C@H]2CN(C)C[C@H]2C1. The van der Waals surface area contributed by atoms with Gasteiger partial charge in [-0.1, -0.05) is 6.58 Å². The van der Waals surface area contributed by atoms with Crippen LogP contribution >= 0.6 is 0 Å². The van der Waals surface area contributed by atoms with Gasteiger partial charge in [0.2, 0.25) is 5.95 Å². The van der Waals surface area contributed by atoms with E-state index in [0.717, 1.165) is 38.3 Å². The van der Waals surface area contributed by atoms with Crippen LogP contribution in [0.5, 0.6) is 17.2 Å². The van der Waals surface area contributed by atoms with Crippen LogP contribution < -0.4 is 30.6 Å². The third-order valence-corrected chi connectivity index (χ3v) is 8.10. The highest BCUT2D eigenvalue weighted by Crippen LogP contribution is 2.42. The van der Waals surface area contributed by atoms with Gasteiger partial charge in [-0.15, -0.1) is 0 Å². The minimum Gasteiger partial charge on any atom is -0.494 e. The second-order valence-electron chi connectivity index (χ2n) is 11.2. The number of nitrogens with one attached hydrogen (secondary N) is 2. The summed E-state index contributed by atoms with van der Waals surface area (Å²) in [6.45, 7) is 6.59. The van der Waals surface area contributed by atoms with Crippen molar-refractivity contribution in [2.45, 2.75) is 0 Å². The average molecular weight is 622 g/mol. The Hall–Kier alpha value is -5.11. The topological polar surface area (TPSA) is 114 Å². The summed E-state index contributed by atoms with van der Waals surface area (Å²) < 4.78 is 53.5. The van der Waals surface area contributed by atoms with Gasteiger partial charge in [0.25, 0.3) is 11.5 Å². The predicted molar refractivity (Wildman–Crippen MR) is 163 cm³/mol. The summed E-state index contributed by atoms with van der Waals surface area (Å²) in [6.07, 6.45) is 1.44. The van der Waals surface area contributed by atoms with E-state index in [4.69, 9.17) is 9.47 Å². The first kappa shape index (κ1) is 29.9. The average Bonchev–Trinajstić information content (AvgIpc) is 3.55. The number of fused-ring (bicyclic) bond motifs is 2. The quantitative estimate of drug-likeness (QED) is 0.273. The molecule has 2 N–H and O–H groups in total. The molecule has 0 spiro atoms. The van der Waals surface area contributed by atoms with Crippen molar-refractivity contribution in [2.75, 3.05) is 55.9 Å². The van der Waals surface area contributed by atoms with E-state index in [1.54, 1.807) is 12.1 Å². The molecule has 2 atom stereocenters. The highest BCUT2D eigenvalue weighted by molar-refractivity contribution is 6.04. The highest BCUT2D eigenvalue weighted by Gasteiger charge is 2.39. The largest absolute Gasteiger partial charge is 0.494 e. The van der Waals surface area contributed by atoms with E-state index < -0.39 is 28.9 Å². The van der Waals surface area contributed by atoms with Crippen molar-refractivity contribution >= 4 is 40.0 Å². The van der Waals surface area contributed by atoms with Crippen LogP contribution in [-0.2, 0) is 11.8 Å². The number of halogens is 3. The van der Waals surface area contributed by atoms with E-state index in [-0.39, 0.29) is 23.1 Å². The number of ether oxygens (including phenoxy) is 2. The van der Waals surface area contributed by atoms with Gasteiger partial charge >= 0.3 is 0 Å². The standard InChI is InChI=1S/C31H30F3N7O4/c1-16(32)29(42)36-22-9-23(26(44-4)10-24(22)41-14-18-12-39(2)13-19(18)15-41)37-31-35-11-17-7-27(30(43)40(3)28(17)38-31)45-25-6-5-20(33)8-21(25)34/h5-11,18-19H,1,12-15H2,2-4H3,(H,36,42)(H,35,37,38)/t18-,19+. The van der Waals surface area contributed by atoms with Crippen LogP contribution in [-0.4, -0.2) is 65.7 Å². The molecular formula is C31H30F3N7O4. The minimum atomic E-state index is -1.13. The molecular weight excluding hydrogens is 591 g/mol. The minimum absolute atomic E-state index is 0.0905. The maximum atomic E-state index is 14.2. The molecule has 0 saturated carbocycles. The van der Waals surface area contributed by atoms with Crippen LogP contribution in [0.25, 0.3) is 11.0 Å². The second kappa shape index (κ2) is 11.8. The first-order valence-electron chi connectivity index (χ1n) is 14.1. The number of pyridine rings is 1. The fourth-order valence-electron chi connectivity index (χ4n) is 5.96. The number of rotatable bonds is 8. The molecule has 4 aromatic rings. The molecule has 2 saturated heterocycles. The summed E-state index contributed by atoms with van der Waals surface area (Å²) in [5.74, 6) is -2.91. The molecule has 2 aliphatic heterocycles. The van der Waals surface area contributed by atoms with Crippen LogP contribution in [0.2, 0.25) is 0 Å². The molecule has 6 rings (SSSR count). The van der Waals surface area contributed by atoms with Gasteiger partial charge in [0, 0.05) is 56.9 Å². The predicted octanol–water partition coefficient (Wildman–Crippen LogP) is 4.57. The van der Waals surface area contributed by atoms with Crippen LogP contribution in [0.15, 0.2) is 59.8 Å². The van der Waals surface area contributed by atoms with Gasteiger partial charge in [0.05, 0.1) is 24.2 Å². The number of anilines is 4. The first-order valence-corrected chi connectivity index (χ1v) is 14.1. The fourth-order valence-corrected chi connectivity index (χ4v) is 5.96. The van der Waals surface area contributed by atoms with Gasteiger partial charge in [0.1, 0.15) is 17.2 Å². The van der Waals surface area contributed by atoms with Crippen LogP contribution in [0, 0.1) is 23.5 Å². The number of carbonyl (C=O) groups excluding carboxylic acids is 1. The molecule has 234 valence electrons. The Labute approximate surface area is 255 Å². The Kier molecular flexibility index (Phi) is 7.83. The third-order valence-electron chi connectivity index (χ3n) is 8.10. The zero-order valence-corrected chi connectivity index (χ0v) is 24.7. The number of amides is 1. The Morgan fingerprint density at radius 3 is 2.40 bits per heavy atom. The van der Waals surface area contributed by atoms with Crippen molar-refractivity contribution < 1.29 is 27.4 Å². The number of hydrogen-bond donors (Lipinski definition) is 2. The smallest absolute Gasteiger partial charge is 0.294 e. The summed E-state index contributed by atoms with van der Waals surface area (Å²) in [4.78, 5) is 38.7. The van der Waals surface area contributed by atoms with Gasteiger partial charge in [-0.3, -0.25) is 14.2 Å². The fraction of sp³-hybridized carbons (Fsp3) is 0.290. The normalized spacial score (nSPS) is 17.8. The maximum absolute atomic E-state index is 14.2. The monoisotopic (exact) mass is 621 g/mol. The number of hydrogen-bond acceptors (Lipinski definition) is 9. The van der Waals surface area contributed by atoms with Crippen molar-refractivity contribution in [1.29, 1.82) is 0 Å². The number of nitrogens with zero attached hydrogens (tertiary/aromatic N) is 5. The number of aryl methyl sites for hydroxylation is 1. The lowest BCUT2D eigenvalue weighted by molar-refractivity contribution is -0.114. The molecule has 1 amide bonds. The highest BCUT2D eigenvalue weighted by atomic mass is 19.1. The molecule has 0 unspecified atom stereocenters. The molecule has 14 heteroatoms. The van der Waals surface area contributed by atoms with Gasteiger partial charge in [-0.25, -0.2) is 18.2 Å². The van der Waals surface area contributed by atoms with Crippen molar-refractivity contribution in [3.8, 4) is 17.2 Å². The molecule has 45 heavy (non-hydrogen) atoms. The molecule has 0 radical (unpaired) electrons. The number of benzene rings is 2. The van der Waals surface area contributed by atoms with Gasteiger partial charge < -0.3 is 29.9 Å².